The lowest BCUT2D eigenvalue weighted by Gasteiger charge is -2.43. The number of anilines is 1. The summed E-state index contributed by atoms with van der Waals surface area (Å²) in [5, 5.41) is 9.68. The summed E-state index contributed by atoms with van der Waals surface area (Å²) in [6, 6.07) is -0.434. The van der Waals surface area contributed by atoms with Crippen LogP contribution in [0, 0.1) is 11.3 Å². The number of rotatable bonds is 4. The summed E-state index contributed by atoms with van der Waals surface area (Å²) in [5.41, 5.74) is 0.563. The summed E-state index contributed by atoms with van der Waals surface area (Å²) in [7, 11) is -10.2. The van der Waals surface area contributed by atoms with Crippen LogP contribution in [-0.2, 0) is 5.41 Å². The minimum Gasteiger partial charge on any atom is -0.384 e. The third kappa shape index (κ3) is 3.31. The number of nitrogens with two attached hydrogens (primary N) is 1. The molecule has 0 amide bonds. The summed E-state index contributed by atoms with van der Waals surface area (Å²) < 4.78 is 120. The topological polar surface area (TPSA) is 67.6 Å². The molecule has 0 saturated heterocycles. The molecule has 4 nitrogen and oxygen atoms in total. The van der Waals surface area contributed by atoms with Crippen LogP contribution < -0.4 is 5.73 Å². The second kappa shape index (κ2) is 5.74. The maximum Gasteiger partial charge on any atom is 0.310 e. The first-order valence-electron chi connectivity index (χ1n) is 7.68. The molecule has 1 fully saturated rings. The zero-order valence-electron chi connectivity index (χ0n) is 14.1. The average Bonchev–Trinajstić information content (AvgIpc) is 2.97. The summed E-state index contributed by atoms with van der Waals surface area (Å²) >= 11 is 11.4. The van der Waals surface area contributed by atoms with Gasteiger partial charge >= 0.3 is 10.2 Å². The molecule has 3 rings (SSSR count). The van der Waals surface area contributed by atoms with Crippen molar-refractivity contribution in [3.8, 4) is 6.07 Å². The predicted octanol–water partition coefficient (Wildman–Crippen LogP) is 6.35. The van der Waals surface area contributed by atoms with E-state index in [9.17, 15) is 37.0 Å². The highest BCUT2D eigenvalue weighted by Gasteiger charge is 2.79. The fourth-order valence-electron chi connectivity index (χ4n) is 3.26. The smallest absolute Gasteiger partial charge is 0.310 e. The molecule has 1 aromatic heterocycles. The van der Waals surface area contributed by atoms with Crippen LogP contribution >= 0.6 is 33.4 Å². The molecule has 2 aliphatic rings. The fourth-order valence-corrected chi connectivity index (χ4v) is 4.94. The summed E-state index contributed by atoms with van der Waals surface area (Å²) in [6.07, 6.45) is -5.24. The lowest BCUT2D eigenvalue weighted by Crippen LogP contribution is -2.29. The molecule has 0 aromatic carbocycles. The van der Waals surface area contributed by atoms with E-state index in [0.29, 0.717) is 4.68 Å². The van der Waals surface area contributed by atoms with Gasteiger partial charge in [0.1, 0.15) is 28.2 Å². The van der Waals surface area contributed by atoms with Crippen molar-refractivity contribution in [1.29, 1.82) is 5.26 Å². The average molecular weight is 507 g/mol. The summed E-state index contributed by atoms with van der Waals surface area (Å²) in [6.45, 7) is 0. The van der Waals surface area contributed by atoms with Crippen LogP contribution in [0.5, 0.6) is 0 Å². The molecule has 1 saturated carbocycles. The van der Waals surface area contributed by atoms with Gasteiger partial charge in [-0.05, 0) is 12.2 Å². The van der Waals surface area contributed by atoms with Crippen molar-refractivity contribution in [3.05, 3.63) is 33.3 Å². The number of nitrogen functional groups attached to an aromatic ring is 1. The van der Waals surface area contributed by atoms with Crippen LogP contribution in [-0.4, -0.2) is 27.5 Å². The Hall–Kier alpha value is -1.72. The molecule has 16 heteroatoms. The Labute approximate surface area is 172 Å². The van der Waals surface area contributed by atoms with Crippen LogP contribution in [0.4, 0.5) is 42.8 Å². The van der Waals surface area contributed by atoms with E-state index in [1.165, 1.54) is 6.07 Å². The van der Waals surface area contributed by atoms with Crippen molar-refractivity contribution in [3.63, 3.8) is 0 Å². The van der Waals surface area contributed by atoms with Crippen LogP contribution in [0.1, 0.15) is 23.7 Å². The highest BCUT2D eigenvalue weighted by molar-refractivity contribution is 8.48. The first kappa shape index (κ1) is 23.0. The van der Waals surface area contributed by atoms with Crippen LogP contribution in [0.2, 0.25) is 0 Å². The lowest BCUT2D eigenvalue weighted by atomic mass is 9.95. The Morgan fingerprint density at radius 2 is 1.80 bits per heavy atom. The molecule has 2 aliphatic carbocycles. The van der Waals surface area contributed by atoms with E-state index in [1.807, 2.05) is 0 Å². The number of aromatic nitrogens is 2. The van der Waals surface area contributed by atoms with E-state index in [1.54, 1.807) is 0 Å². The molecule has 3 atom stereocenters. The molecule has 2 N–H and O–H groups in total. The Bertz CT molecular complexity index is 1040. The zero-order chi connectivity index (χ0) is 23.1. The van der Waals surface area contributed by atoms with E-state index in [4.69, 9.17) is 34.2 Å². The molecule has 1 aromatic rings. The van der Waals surface area contributed by atoms with Gasteiger partial charge in [0, 0.05) is 11.5 Å². The molecule has 168 valence electrons. The van der Waals surface area contributed by atoms with Gasteiger partial charge in [-0.1, -0.05) is 31.0 Å². The molecular weight excluding hydrogens is 498 g/mol. The van der Waals surface area contributed by atoms with Crippen molar-refractivity contribution >= 4 is 39.2 Å². The minimum absolute atomic E-state index is 0.0822. The number of hydrogen-bond acceptors (Lipinski definition) is 3. The van der Waals surface area contributed by atoms with Gasteiger partial charge in [-0.15, -0.1) is 11.6 Å². The van der Waals surface area contributed by atoms with Gasteiger partial charge in [-0.2, -0.15) is 10.4 Å². The number of hydrogen-bond donors (Lipinski definition) is 1. The molecule has 1 heterocycles. The van der Waals surface area contributed by atoms with E-state index in [-0.39, 0.29) is 12.2 Å². The molecular formula is C14H9Cl2F9N4S. The normalized spacial score (nSPS) is 30.8. The van der Waals surface area contributed by atoms with Gasteiger partial charge in [0.25, 0.3) is 12.3 Å². The third-order valence-electron chi connectivity index (χ3n) is 4.80. The predicted molar refractivity (Wildman–Crippen MR) is 92.4 cm³/mol. The summed E-state index contributed by atoms with van der Waals surface area (Å²) in [5.74, 6) is -4.85. The van der Waals surface area contributed by atoms with Crippen LogP contribution in [0.15, 0.2) is 22.1 Å². The highest BCUT2D eigenvalue weighted by atomic mass is 35.5. The van der Waals surface area contributed by atoms with Gasteiger partial charge in [-0.25, -0.2) is 22.2 Å². The van der Waals surface area contributed by atoms with Gasteiger partial charge in [0.2, 0.25) is 0 Å². The maximum absolute atomic E-state index is 13.8. The van der Waals surface area contributed by atoms with E-state index < -0.39 is 72.8 Å². The molecule has 3 unspecified atom stereocenters. The first-order chi connectivity index (χ1) is 13.3. The highest BCUT2D eigenvalue weighted by Crippen LogP contribution is 3.02. The van der Waals surface area contributed by atoms with Crippen molar-refractivity contribution in [2.45, 2.75) is 35.6 Å². The molecule has 30 heavy (non-hydrogen) atoms. The molecule has 0 bridgehead atoms. The Balaban J connectivity index is 2.15. The van der Waals surface area contributed by atoms with Gasteiger partial charge < -0.3 is 5.73 Å². The SMILES string of the molecule is N#Cc1nn(C2C(Cl)=CC(S(F)(F)(F)(F)F)=CC2Cl)c(N)c1C1(C(F)F)CC1(F)F. The van der Waals surface area contributed by atoms with Crippen LogP contribution in [0.25, 0.3) is 0 Å². The monoisotopic (exact) mass is 506 g/mol. The zero-order valence-corrected chi connectivity index (χ0v) is 16.4. The standard InChI is InChI=1S/C14H9Cl2F9N4S/c15-6-1-5(30(21,22,23,24)25)2-7(16)10(6)29-11(27)9(8(3-26)28-29)13(12(17)18)4-14(13,19)20/h1-2,6,10,12H,4,27H2. The molecule has 0 spiro atoms. The quantitative estimate of drug-likeness (QED) is 0.382. The lowest BCUT2D eigenvalue weighted by molar-refractivity contribution is 0.0128. The number of nitrogens with zero attached hydrogens (tertiary/aromatic N) is 3. The Morgan fingerprint density at radius 3 is 2.17 bits per heavy atom. The van der Waals surface area contributed by atoms with Crippen LogP contribution in [0.3, 0.4) is 0 Å². The van der Waals surface area contributed by atoms with E-state index in [2.05, 4.69) is 5.10 Å². The largest absolute Gasteiger partial charge is 0.384 e. The van der Waals surface area contributed by atoms with Crippen molar-refractivity contribution in [2.75, 3.05) is 5.73 Å². The molecule has 0 radical (unpaired) electrons. The Morgan fingerprint density at radius 1 is 1.27 bits per heavy atom. The molecule has 0 aliphatic heterocycles. The second-order valence-electron chi connectivity index (χ2n) is 6.77. The van der Waals surface area contributed by atoms with E-state index in [0.717, 1.165) is 0 Å². The van der Waals surface area contributed by atoms with Crippen molar-refractivity contribution in [2.24, 2.45) is 0 Å². The fraction of sp³-hybridized carbons (Fsp3) is 0.429. The number of allylic oxidation sites excluding steroid dienone is 3. The third-order valence-corrected chi connectivity index (χ3v) is 6.64. The number of alkyl halides is 5. The van der Waals surface area contributed by atoms with E-state index >= 15 is 0 Å². The number of halogens is 11. The first-order valence-corrected chi connectivity index (χ1v) is 10.4. The maximum atomic E-state index is 13.8. The van der Waals surface area contributed by atoms with Crippen molar-refractivity contribution in [1.82, 2.24) is 9.78 Å². The summed E-state index contributed by atoms with van der Waals surface area (Å²) in [4.78, 5) is -2.40. The van der Waals surface area contributed by atoms with Gasteiger partial charge in [0.05, 0.1) is 10.9 Å². The van der Waals surface area contributed by atoms with Gasteiger partial charge in [-0.3, -0.25) is 0 Å². The van der Waals surface area contributed by atoms with Gasteiger partial charge in [0.15, 0.2) is 5.69 Å². The van der Waals surface area contributed by atoms with Crippen molar-refractivity contribution < 1.29 is 37.0 Å². The minimum atomic E-state index is -10.2. The Kier molecular flexibility index (Phi) is 4.39. The second-order valence-corrected chi connectivity index (χ2v) is 10.1. The number of nitriles is 1.